The van der Waals surface area contributed by atoms with Gasteiger partial charge in [-0.2, -0.15) is 0 Å². The van der Waals surface area contributed by atoms with Gasteiger partial charge in [-0.25, -0.2) is 4.98 Å². The molecule has 0 amide bonds. The molecular formula is C23H27N3S. The lowest BCUT2D eigenvalue weighted by atomic mass is 9.86. The molecule has 0 unspecified atom stereocenters. The Labute approximate surface area is 164 Å². The van der Waals surface area contributed by atoms with Crippen molar-refractivity contribution in [3.8, 4) is 10.7 Å². The van der Waals surface area contributed by atoms with Crippen LogP contribution in [0.2, 0.25) is 0 Å². The number of nitrogens with one attached hydrogen (secondary N) is 1. The number of nitrogens with two attached hydrogens (primary N) is 1. The van der Waals surface area contributed by atoms with Crippen molar-refractivity contribution in [2.24, 2.45) is 5.73 Å². The molecule has 0 atom stereocenters. The molecule has 0 aliphatic heterocycles. The number of aromatic nitrogens is 2. The molecule has 4 aromatic rings. The maximum absolute atomic E-state index is 5.74. The first kappa shape index (κ1) is 18.2. The van der Waals surface area contributed by atoms with Crippen molar-refractivity contribution in [2.75, 3.05) is 6.54 Å². The highest BCUT2D eigenvalue weighted by Gasteiger charge is 2.19. The number of nitrogens with zero attached hydrogens (tertiary/aromatic N) is 1. The zero-order valence-corrected chi connectivity index (χ0v) is 17.1. The van der Waals surface area contributed by atoms with Gasteiger partial charge >= 0.3 is 0 Å². The van der Waals surface area contributed by atoms with Gasteiger partial charge in [0.05, 0.1) is 15.9 Å². The van der Waals surface area contributed by atoms with E-state index < -0.39 is 0 Å². The average Bonchev–Trinajstić information content (AvgIpc) is 3.22. The number of unbranched alkanes of at least 4 members (excludes halogenated alkanes) is 1. The summed E-state index contributed by atoms with van der Waals surface area (Å²) in [6.45, 7) is 7.54. The van der Waals surface area contributed by atoms with Gasteiger partial charge in [-0.05, 0) is 66.6 Å². The van der Waals surface area contributed by atoms with E-state index in [2.05, 4.69) is 68.2 Å². The lowest BCUT2D eigenvalue weighted by Crippen LogP contribution is -2.10. The number of hydrogen-bond donors (Lipinski definition) is 2. The standard InChI is InChI=1S/C23H27N3S/c1-23(2,3)15-11-12-18-17(14-15)16(8-6-7-13-24)21(25-18)22-26-19-9-4-5-10-20(19)27-22/h4-5,9-12,14,25H,6-8,13,24H2,1-3H3. The number of benzene rings is 2. The van der Waals surface area contributed by atoms with E-state index in [1.807, 2.05) is 0 Å². The van der Waals surface area contributed by atoms with E-state index in [9.17, 15) is 0 Å². The topological polar surface area (TPSA) is 54.7 Å². The summed E-state index contributed by atoms with van der Waals surface area (Å²) in [7, 11) is 0. The van der Waals surface area contributed by atoms with E-state index in [4.69, 9.17) is 10.7 Å². The zero-order valence-electron chi connectivity index (χ0n) is 16.3. The van der Waals surface area contributed by atoms with Gasteiger partial charge in [0.25, 0.3) is 0 Å². The molecular weight excluding hydrogens is 350 g/mol. The minimum Gasteiger partial charge on any atom is -0.352 e. The highest BCUT2D eigenvalue weighted by Crippen LogP contribution is 2.37. The van der Waals surface area contributed by atoms with Crippen LogP contribution in [0.5, 0.6) is 0 Å². The molecule has 3 N–H and O–H groups in total. The number of rotatable bonds is 5. The number of aryl methyl sites for hydroxylation is 1. The van der Waals surface area contributed by atoms with Crippen molar-refractivity contribution in [3.63, 3.8) is 0 Å². The Kier molecular flexibility index (Phi) is 4.79. The summed E-state index contributed by atoms with van der Waals surface area (Å²) in [4.78, 5) is 8.56. The van der Waals surface area contributed by atoms with Gasteiger partial charge in [-0.3, -0.25) is 0 Å². The Balaban J connectivity index is 1.88. The first-order valence-corrected chi connectivity index (χ1v) is 10.5. The minimum absolute atomic E-state index is 0.135. The van der Waals surface area contributed by atoms with Crippen molar-refractivity contribution in [1.29, 1.82) is 0 Å². The highest BCUT2D eigenvalue weighted by molar-refractivity contribution is 7.21. The summed E-state index contributed by atoms with van der Waals surface area (Å²) in [5, 5.41) is 2.40. The van der Waals surface area contributed by atoms with Crippen LogP contribution >= 0.6 is 11.3 Å². The van der Waals surface area contributed by atoms with Crippen LogP contribution in [0.4, 0.5) is 0 Å². The Morgan fingerprint density at radius 3 is 2.63 bits per heavy atom. The monoisotopic (exact) mass is 377 g/mol. The number of hydrogen-bond acceptors (Lipinski definition) is 3. The van der Waals surface area contributed by atoms with Crippen LogP contribution in [0, 0.1) is 0 Å². The molecule has 3 nitrogen and oxygen atoms in total. The molecule has 2 aromatic carbocycles. The molecule has 0 aliphatic carbocycles. The molecule has 2 aromatic heterocycles. The Bertz CT molecular complexity index is 1050. The highest BCUT2D eigenvalue weighted by atomic mass is 32.1. The van der Waals surface area contributed by atoms with E-state index in [1.165, 1.54) is 32.4 Å². The van der Waals surface area contributed by atoms with Gasteiger partial charge in [0.2, 0.25) is 0 Å². The summed E-state index contributed by atoms with van der Waals surface area (Å²) < 4.78 is 1.23. The second kappa shape index (κ2) is 7.10. The Hall–Kier alpha value is -2.17. The summed E-state index contributed by atoms with van der Waals surface area (Å²) in [6.07, 6.45) is 3.17. The van der Waals surface area contributed by atoms with E-state index in [1.54, 1.807) is 11.3 Å². The van der Waals surface area contributed by atoms with E-state index >= 15 is 0 Å². The van der Waals surface area contributed by atoms with Crippen LogP contribution in [0.25, 0.3) is 31.8 Å². The van der Waals surface area contributed by atoms with Crippen molar-refractivity contribution in [1.82, 2.24) is 9.97 Å². The SMILES string of the molecule is CC(C)(C)c1ccc2[nH]c(-c3nc4ccccc4s3)c(CCCCN)c2c1. The van der Waals surface area contributed by atoms with Crippen molar-refractivity contribution in [2.45, 2.75) is 45.4 Å². The fourth-order valence-corrected chi connectivity index (χ4v) is 4.58. The average molecular weight is 378 g/mol. The Morgan fingerprint density at radius 1 is 1.07 bits per heavy atom. The van der Waals surface area contributed by atoms with Crippen molar-refractivity contribution in [3.05, 3.63) is 53.6 Å². The zero-order chi connectivity index (χ0) is 19.0. The van der Waals surface area contributed by atoms with Crippen LogP contribution < -0.4 is 5.73 Å². The number of para-hydroxylation sites is 1. The summed E-state index contributed by atoms with van der Waals surface area (Å²) in [6, 6.07) is 15.2. The molecule has 0 bridgehead atoms. The summed E-state index contributed by atoms with van der Waals surface area (Å²) in [5.41, 5.74) is 12.1. The predicted molar refractivity (Wildman–Crippen MR) is 118 cm³/mol. The van der Waals surface area contributed by atoms with E-state index in [0.29, 0.717) is 0 Å². The smallest absolute Gasteiger partial charge is 0.141 e. The molecule has 140 valence electrons. The van der Waals surface area contributed by atoms with Gasteiger partial charge in [-0.1, -0.05) is 39.0 Å². The molecule has 4 rings (SSSR count). The van der Waals surface area contributed by atoms with E-state index in [-0.39, 0.29) is 5.41 Å². The molecule has 0 aliphatic rings. The summed E-state index contributed by atoms with van der Waals surface area (Å²) >= 11 is 1.76. The fraction of sp³-hybridized carbons (Fsp3) is 0.348. The van der Waals surface area contributed by atoms with Gasteiger partial charge < -0.3 is 10.7 Å². The number of H-pyrrole nitrogens is 1. The van der Waals surface area contributed by atoms with Crippen LogP contribution in [0.15, 0.2) is 42.5 Å². The molecule has 0 spiro atoms. The van der Waals surface area contributed by atoms with Crippen LogP contribution in [0.3, 0.4) is 0 Å². The molecule has 0 saturated heterocycles. The number of aromatic amines is 1. The van der Waals surface area contributed by atoms with Crippen molar-refractivity contribution < 1.29 is 0 Å². The first-order valence-electron chi connectivity index (χ1n) is 9.68. The number of fused-ring (bicyclic) bond motifs is 2. The van der Waals surface area contributed by atoms with Crippen molar-refractivity contribution >= 4 is 32.5 Å². The summed E-state index contributed by atoms with van der Waals surface area (Å²) in [5.74, 6) is 0. The molecule has 27 heavy (non-hydrogen) atoms. The van der Waals surface area contributed by atoms with Crippen LogP contribution in [-0.4, -0.2) is 16.5 Å². The second-order valence-corrected chi connectivity index (χ2v) is 9.25. The van der Waals surface area contributed by atoms with Gasteiger partial charge in [0.1, 0.15) is 5.01 Å². The fourth-order valence-electron chi connectivity index (χ4n) is 3.58. The molecule has 0 fully saturated rings. The third-order valence-electron chi connectivity index (χ3n) is 5.16. The first-order chi connectivity index (χ1) is 13.0. The lowest BCUT2D eigenvalue weighted by Gasteiger charge is -2.19. The Morgan fingerprint density at radius 2 is 1.89 bits per heavy atom. The molecule has 0 saturated carbocycles. The largest absolute Gasteiger partial charge is 0.352 e. The predicted octanol–water partition coefficient (Wildman–Crippen LogP) is 6.02. The number of thiazole rings is 1. The normalized spacial score (nSPS) is 12.3. The third-order valence-corrected chi connectivity index (χ3v) is 6.21. The van der Waals surface area contributed by atoms with E-state index in [0.717, 1.165) is 36.3 Å². The van der Waals surface area contributed by atoms with Gasteiger partial charge in [0, 0.05) is 10.9 Å². The maximum Gasteiger partial charge on any atom is 0.141 e. The van der Waals surface area contributed by atoms with Crippen LogP contribution in [0.1, 0.15) is 44.7 Å². The van der Waals surface area contributed by atoms with Gasteiger partial charge in [-0.15, -0.1) is 11.3 Å². The molecule has 4 heteroatoms. The quantitative estimate of drug-likeness (QED) is 0.418. The van der Waals surface area contributed by atoms with Crippen LogP contribution in [-0.2, 0) is 11.8 Å². The maximum atomic E-state index is 5.74. The minimum atomic E-state index is 0.135. The molecule has 0 radical (unpaired) electrons. The lowest BCUT2D eigenvalue weighted by molar-refractivity contribution is 0.591. The molecule has 2 heterocycles. The van der Waals surface area contributed by atoms with Gasteiger partial charge in [0.15, 0.2) is 0 Å². The third kappa shape index (κ3) is 3.52. The second-order valence-electron chi connectivity index (χ2n) is 8.22.